The molecule has 2 aliphatic heterocycles. The van der Waals surface area contributed by atoms with Crippen LogP contribution in [0.25, 0.3) is 22.0 Å². The Morgan fingerprint density at radius 2 is 1.23 bits per heavy atom. The van der Waals surface area contributed by atoms with Gasteiger partial charge in [-0.05, 0) is 139 Å². The van der Waals surface area contributed by atoms with Gasteiger partial charge in [0.2, 0.25) is 70.9 Å². The highest BCUT2D eigenvalue weighted by molar-refractivity contribution is 6.01. The number of benzene rings is 3. The fraction of sp³-hybridized carbons (Fsp3) is 0.455. The molecule has 1 saturated heterocycles. The number of carboxylic acid groups (broad SMARTS) is 1. The van der Waals surface area contributed by atoms with Crippen LogP contribution in [0.1, 0.15) is 128 Å². The maximum atomic E-state index is 15.0. The lowest BCUT2D eigenvalue weighted by atomic mass is 9.98. The van der Waals surface area contributed by atoms with Gasteiger partial charge in [0.05, 0.1) is 13.0 Å². The molecule has 1 aromatic heterocycles. The number of para-hydroxylation sites is 1. The van der Waals surface area contributed by atoms with Crippen molar-refractivity contribution in [2.45, 2.75) is 184 Å². The van der Waals surface area contributed by atoms with Crippen molar-refractivity contribution in [2.75, 3.05) is 39.4 Å². The first kappa shape index (κ1) is 88.5. The molecule has 0 saturated carbocycles. The van der Waals surface area contributed by atoms with Crippen LogP contribution >= 0.6 is 0 Å². The highest BCUT2D eigenvalue weighted by Gasteiger charge is 2.42. The zero-order valence-corrected chi connectivity index (χ0v) is 64.2. The molecule has 3 heterocycles. The van der Waals surface area contributed by atoms with E-state index in [9.17, 15) is 72.5 Å². The minimum atomic E-state index is -1.93. The van der Waals surface area contributed by atoms with Crippen molar-refractivity contribution in [1.29, 1.82) is 10.8 Å². The number of nitrogens with one attached hydrogen (secondary N) is 16. The molecule has 11 atom stereocenters. The van der Waals surface area contributed by atoms with E-state index < -0.39 is 188 Å². The molecule has 37 heteroatoms. The SMILES string of the molecule is CC(C)=CC[C@H](NC(=O)[C@H](CCCNC(=N)N)NC(=O)[C@H](Cc1cc2ccccc2[nH]1)NC(=O)[C@H](C)NC(=O)[C@@H]1C/C=C/C[C@H](NC(=O)CNC(=O)OCC2c3ccccc3-c3ccccc32)C(=O)N[C@@H](CC=C(C)C)C(=O)N[C@@H](CO)C(=O)N[C@@H](CC(=O)O)C(=O)N2CCCC2C(=O)N[C@@H](CCCNC(=N)N)C(=O)N1)C(N)=O. The Hall–Kier alpha value is -12.7. The smallest absolute Gasteiger partial charge is 0.407 e. The minimum absolute atomic E-state index is 0.0139. The molecule has 24 N–H and O–H groups in total. The van der Waals surface area contributed by atoms with E-state index in [1.165, 1.54) is 19.1 Å². The number of aliphatic hydroxyl groups excluding tert-OH is 1. The normalized spacial score (nSPS) is 20.2. The summed E-state index contributed by atoms with van der Waals surface area (Å²) in [6.07, 6.45) is 2.30. The van der Waals surface area contributed by atoms with Crippen molar-refractivity contribution >= 4 is 106 Å². The Labute approximate surface area is 657 Å². The summed E-state index contributed by atoms with van der Waals surface area (Å²) in [5, 5.41) is 69.8. The van der Waals surface area contributed by atoms with Gasteiger partial charge in [-0.3, -0.25) is 73.1 Å². The van der Waals surface area contributed by atoms with Gasteiger partial charge in [-0.25, -0.2) is 4.79 Å². The fourth-order valence-corrected chi connectivity index (χ4v) is 13.1. The predicted molar refractivity (Wildman–Crippen MR) is 418 cm³/mol. The van der Waals surface area contributed by atoms with Crippen LogP contribution in [0.15, 0.2) is 114 Å². The van der Waals surface area contributed by atoms with Gasteiger partial charge in [0.15, 0.2) is 11.9 Å². The van der Waals surface area contributed by atoms with Crippen molar-refractivity contribution in [3.05, 3.63) is 131 Å². The van der Waals surface area contributed by atoms with Gasteiger partial charge in [0.1, 0.15) is 79.6 Å². The molecule has 0 bridgehead atoms. The number of carbonyl (C=O) groups excluding carboxylic acids is 13. The Morgan fingerprint density at radius 1 is 0.649 bits per heavy atom. The minimum Gasteiger partial charge on any atom is -0.481 e. The predicted octanol–water partition coefficient (Wildman–Crippen LogP) is -1.35. The molecular formula is C77H104N20O17. The molecule has 114 heavy (non-hydrogen) atoms. The van der Waals surface area contributed by atoms with E-state index >= 15 is 4.79 Å². The maximum Gasteiger partial charge on any atom is 0.407 e. The monoisotopic (exact) mass is 1580 g/mol. The number of amides is 13. The van der Waals surface area contributed by atoms with Crippen molar-refractivity contribution in [1.82, 2.24) is 79.0 Å². The van der Waals surface area contributed by atoms with E-state index in [1.54, 1.807) is 70.2 Å². The summed E-state index contributed by atoms with van der Waals surface area (Å²) in [7, 11) is 0. The Balaban J connectivity index is 1.22. The number of hydrogen-bond acceptors (Lipinski definition) is 18. The first-order valence-corrected chi connectivity index (χ1v) is 37.5. The Bertz CT molecular complexity index is 4220. The molecule has 13 amide bonds. The van der Waals surface area contributed by atoms with Gasteiger partial charge in [0.25, 0.3) is 0 Å². The molecule has 1 unspecified atom stereocenters. The summed E-state index contributed by atoms with van der Waals surface area (Å²) in [5.74, 6) is -14.8. The average Bonchev–Trinajstić information content (AvgIpc) is 1.61. The Morgan fingerprint density at radius 3 is 1.87 bits per heavy atom. The van der Waals surface area contributed by atoms with Gasteiger partial charge >= 0.3 is 12.1 Å². The molecule has 7 rings (SSSR count). The molecule has 1 fully saturated rings. The standard InChI is InChI=1S/C77H104N20O17/c1-41(2)28-30-52(64(78)102)89-68(106)55(25-14-32-83-75(79)80)91-71(109)58(36-45-35-44-17-6-11-22-51(44)87-45)94-65(103)43(5)86-66(104)54-24-13-12-23-53(88-62(99)38-85-77(113)114-40-50-48-20-9-7-18-46(48)47-19-8-10-21-49(47)50)67(105)92-57(31-29-42(3)4)70(108)96-60(39-98)72(110)95-59(37-63(100)101)74(112)97-34-16-27-61(97)73(111)93-56(69(107)90-54)26-15-33-84-76(81)82/h6-13,17-22,28-29,35,43,50,52-61,87,98H,14-16,23-27,30-34,36-40H2,1-5H3,(H2,78,102)(H,85,113)(H,86,104)(H,88,99)(H,89,106)(H,90,107)(H,91,109)(H,92,105)(H,93,111)(H,94,103)(H,95,110)(H,96,108)(H,100,101)(H4,79,80,83)(H4,81,82,84)/b13-12+/t43-,52-,53-,54-,55-,56-,57-,58-,59-,60-,61?/m0/s1. The van der Waals surface area contributed by atoms with Crippen molar-refractivity contribution in [2.24, 2.45) is 17.2 Å². The second-order valence-corrected chi connectivity index (χ2v) is 28.4. The lowest BCUT2D eigenvalue weighted by molar-refractivity contribution is -0.146. The molecule has 0 spiro atoms. The van der Waals surface area contributed by atoms with Crippen LogP contribution in [0.4, 0.5) is 4.79 Å². The van der Waals surface area contributed by atoms with Gasteiger partial charge in [-0.2, -0.15) is 0 Å². The number of ether oxygens (including phenoxy) is 1. The number of aliphatic carboxylic acids is 1. The summed E-state index contributed by atoms with van der Waals surface area (Å²) in [5.41, 5.74) is 23.1. The van der Waals surface area contributed by atoms with Crippen LogP contribution in [-0.4, -0.2) is 221 Å². The first-order valence-electron chi connectivity index (χ1n) is 37.5. The number of allylic oxidation sites excluding steroid dienone is 2. The van der Waals surface area contributed by atoms with Gasteiger partial charge in [0, 0.05) is 43.2 Å². The number of carboxylic acids is 1. The van der Waals surface area contributed by atoms with Gasteiger partial charge in [-0.15, -0.1) is 0 Å². The summed E-state index contributed by atoms with van der Waals surface area (Å²) in [6.45, 7) is 6.05. The molecule has 37 nitrogen and oxygen atoms in total. The largest absolute Gasteiger partial charge is 0.481 e. The van der Waals surface area contributed by atoms with E-state index in [4.69, 9.17) is 32.8 Å². The molecule has 3 aliphatic rings. The van der Waals surface area contributed by atoms with E-state index in [1.807, 2.05) is 48.5 Å². The van der Waals surface area contributed by atoms with Crippen LogP contribution in [0.5, 0.6) is 0 Å². The summed E-state index contributed by atoms with van der Waals surface area (Å²) < 4.78 is 5.64. The van der Waals surface area contributed by atoms with E-state index in [0.717, 1.165) is 38.1 Å². The lowest BCUT2D eigenvalue weighted by Gasteiger charge is -2.30. The zero-order valence-electron chi connectivity index (χ0n) is 64.2. The van der Waals surface area contributed by atoms with Crippen molar-refractivity contribution in [3.8, 4) is 11.1 Å². The number of aromatic nitrogens is 1. The average molecular weight is 1580 g/mol. The second-order valence-electron chi connectivity index (χ2n) is 28.4. The number of guanidine groups is 2. The number of rotatable bonds is 31. The first-order chi connectivity index (χ1) is 54.3. The van der Waals surface area contributed by atoms with Crippen LogP contribution in [0.2, 0.25) is 0 Å². The molecular weight excluding hydrogens is 1480 g/mol. The zero-order chi connectivity index (χ0) is 83.3. The number of H-pyrrole nitrogens is 1. The second kappa shape index (κ2) is 43.2. The van der Waals surface area contributed by atoms with E-state index in [0.29, 0.717) is 16.8 Å². The van der Waals surface area contributed by atoms with Crippen LogP contribution in [0, 0.1) is 10.8 Å². The van der Waals surface area contributed by atoms with Gasteiger partial charge in [-0.1, -0.05) is 102 Å². The number of hydrogen-bond donors (Lipinski definition) is 21. The Kier molecular flexibility index (Phi) is 33.5. The number of fused-ring (bicyclic) bond motifs is 5. The third-order valence-electron chi connectivity index (χ3n) is 19.0. The summed E-state index contributed by atoms with van der Waals surface area (Å²) >= 11 is 0. The highest BCUT2D eigenvalue weighted by Crippen LogP contribution is 2.44. The van der Waals surface area contributed by atoms with Crippen LogP contribution in [0.3, 0.4) is 0 Å². The highest BCUT2D eigenvalue weighted by atomic mass is 16.5. The third-order valence-corrected chi connectivity index (χ3v) is 19.0. The van der Waals surface area contributed by atoms with Crippen LogP contribution < -0.4 is 86.3 Å². The quantitative estimate of drug-likeness (QED) is 0.0120. The van der Waals surface area contributed by atoms with Crippen molar-refractivity contribution in [3.63, 3.8) is 0 Å². The number of primary amides is 1. The molecule has 3 aromatic carbocycles. The number of aromatic amines is 1. The van der Waals surface area contributed by atoms with Crippen LogP contribution in [-0.2, 0) is 73.5 Å². The number of nitrogens with zero attached hydrogens (tertiary/aromatic N) is 1. The number of aliphatic hydroxyl groups is 1. The molecule has 4 aromatic rings. The van der Waals surface area contributed by atoms with E-state index in [-0.39, 0.29) is 95.9 Å². The van der Waals surface area contributed by atoms with Crippen molar-refractivity contribution < 1.29 is 82.1 Å². The molecule has 614 valence electrons. The lowest BCUT2D eigenvalue weighted by Crippen LogP contribution is -2.61. The topological polar surface area (TPSA) is 590 Å². The molecule has 0 radical (unpaired) electrons. The van der Waals surface area contributed by atoms with Gasteiger partial charge < -0.3 is 111 Å². The number of nitrogens with two attached hydrogens (primary N) is 3. The third kappa shape index (κ3) is 26.8. The maximum absolute atomic E-state index is 15.0. The number of carbonyl (C=O) groups is 14. The molecule has 1 aliphatic carbocycles. The summed E-state index contributed by atoms with van der Waals surface area (Å²) in [6, 6.07) is 6.59. The fourth-order valence-electron chi connectivity index (χ4n) is 13.1. The number of alkyl carbamates (subject to hydrolysis) is 1. The van der Waals surface area contributed by atoms with E-state index in [2.05, 4.69) is 74.1 Å². The summed E-state index contributed by atoms with van der Waals surface area (Å²) in [4.78, 5) is 202.